The minimum absolute atomic E-state index is 0.300. The zero-order valence-electron chi connectivity index (χ0n) is 8.96. The fraction of sp³-hybridized carbons (Fsp3) is 0.182. The Bertz CT molecular complexity index is 548. The Morgan fingerprint density at radius 1 is 1.44 bits per heavy atom. The molecule has 5 heteroatoms. The predicted octanol–water partition coefficient (Wildman–Crippen LogP) is 2.88. The maximum atomic E-state index is 13.7. The molecule has 2 N–H and O–H groups in total. The fourth-order valence-electron chi connectivity index (χ4n) is 1.66. The van der Waals surface area contributed by atoms with Crippen LogP contribution in [0.2, 0.25) is 0 Å². The van der Waals surface area contributed by atoms with E-state index in [2.05, 4.69) is 21.0 Å². The van der Waals surface area contributed by atoms with Crippen molar-refractivity contribution in [1.82, 2.24) is 9.78 Å². The topological polar surface area (TPSA) is 43.8 Å². The highest BCUT2D eigenvalue weighted by Gasteiger charge is 2.16. The van der Waals surface area contributed by atoms with Gasteiger partial charge in [-0.05, 0) is 25.1 Å². The van der Waals surface area contributed by atoms with Gasteiger partial charge in [0, 0.05) is 28.3 Å². The second kappa shape index (κ2) is 3.90. The second-order valence-electron chi connectivity index (χ2n) is 3.59. The number of halogens is 2. The first-order valence-electron chi connectivity index (χ1n) is 4.75. The number of hydrogen-bond acceptors (Lipinski definition) is 2. The third kappa shape index (κ3) is 1.71. The maximum Gasteiger partial charge on any atom is 0.153 e. The van der Waals surface area contributed by atoms with Gasteiger partial charge < -0.3 is 5.73 Å². The molecule has 16 heavy (non-hydrogen) atoms. The van der Waals surface area contributed by atoms with Crippen molar-refractivity contribution in [2.24, 2.45) is 7.05 Å². The molecule has 0 saturated heterocycles. The average Bonchev–Trinajstić information content (AvgIpc) is 2.46. The number of nitrogen functional groups attached to an aromatic ring is 1. The normalized spacial score (nSPS) is 10.8. The van der Waals surface area contributed by atoms with Gasteiger partial charge in [-0.2, -0.15) is 5.10 Å². The van der Waals surface area contributed by atoms with Gasteiger partial charge in [0.15, 0.2) is 5.82 Å². The summed E-state index contributed by atoms with van der Waals surface area (Å²) in [6.07, 6.45) is 0. The first-order chi connectivity index (χ1) is 7.50. The Balaban J connectivity index is 2.71. The average molecular weight is 284 g/mol. The minimum Gasteiger partial charge on any atom is -0.382 e. The highest BCUT2D eigenvalue weighted by molar-refractivity contribution is 9.10. The van der Waals surface area contributed by atoms with Crippen molar-refractivity contribution in [2.75, 3.05) is 5.73 Å². The largest absolute Gasteiger partial charge is 0.382 e. The van der Waals surface area contributed by atoms with E-state index in [0.29, 0.717) is 16.9 Å². The van der Waals surface area contributed by atoms with E-state index in [-0.39, 0.29) is 5.82 Å². The number of hydrogen-bond donors (Lipinski definition) is 1. The van der Waals surface area contributed by atoms with E-state index in [4.69, 9.17) is 5.73 Å². The molecule has 0 aliphatic rings. The standard InChI is InChI=1S/C11H11BrFN3/c1-6-10(11(14)15-16(6)2)8-5-7(12)3-4-9(8)13/h3-5H,1-2H3,(H2,14,15). The molecule has 1 heterocycles. The van der Waals surface area contributed by atoms with Crippen LogP contribution in [0, 0.1) is 12.7 Å². The summed E-state index contributed by atoms with van der Waals surface area (Å²) in [5.74, 6) is 0.0444. The molecule has 2 aromatic rings. The first kappa shape index (κ1) is 11.1. The molecule has 0 saturated carbocycles. The van der Waals surface area contributed by atoms with Crippen molar-refractivity contribution in [3.63, 3.8) is 0 Å². The molecule has 0 amide bonds. The molecule has 0 unspecified atom stereocenters. The molecule has 0 bridgehead atoms. The predicted molar refractivity (Wildman–Crippen MR) is 65.5 cm³/mol. The zero-order valence-corrected chi connectivity index (χ0v) is 10.5. The Morgan fingerprint density at radius 3 is 2.69 bits per heavy atom. The molecule has 0 aliphatic heterocycles. The molecule has 3 nitrogen and oxygen atoms in total. The minimum atomic E-state index is -0.300. The molecule has 0 spiro atoms. The molecule has 0 radical (unpaired) electrons. The first-order valence-corrected chi connectivity index (χ1v) is 5.54. The number of benzene rings is 1. The lowest BCUT2D eigenvalue weighted by molar-refractivity contribution is 0.631. The van der Waals surface area contributed by atoms with Crippen molar-refractivity contribution in [3.05, 3.63) is 34.2 Å². The van der Waals surface area contributed by atoms with E-state index >= 15 is 0 Å². The maximum absolute atomic E-state index is 13.7. The van der Waals surface area contributed by atoms with Crippen molar-refractivity contribution in [2.45, 2.75) is 6.92 Å². The fourth-order valence-corrected chi connectivity index (χ4v) is 2.02. The van der Waals surface area contributed by atoms with Gasteiger partial charge in [-0.3, -0.25) is 4.68 Å². The Hall–Kier alpha value is -1.36. The zero-order chi connectivity index (χ0) is 11.9. The van der Waals surface area contributed by atoms with Crippen molar-refractivity contribution in [3.8, 4) is 11.1 Å². The van der Waals surface area contributed by atoms with Crippen LogP contribution in [0.15, 0.2) is 22.7 Å². The van der Waals surface area contributed by atoms with E-state index in [1.807, 2.05) is 6.92 Å². The van der Waals surface area contributed by atoms with Crippen molar-refractivity contribution < 1.29 is 4.39 Å². The van der Waals surface area contributed by atoms with E-state index < -0.39 is 0 Å². The highest BCUT2D eigenvalue weighted by atomic mass is 79.9. The van der Waals surface area contributed by atoms with Gasteiger partial charge in [-0.15, -0.1) is 0 Å². The SMILES string of the molecule is Cc1c(-c2cc(Br)ccc2F)c(N)nn1C. The van der Waals surface area contributed by atoms with Crippen LogP contribution >= 0.6 is 15.9 Å². The van der Waals surface area contributed by atoms with Crippen LogP contribution in [0.3, 0.4) is 0 Å². The summed E-state index contributed by atoms with van der Waals surface area (Å²) in [5.41, 5.74) is 7.75. The van der Waals surface area contributed by atoms with Crippen LogP contribution in [0.25, 0.3) is 11.1 Å². The lowest BCUT2D eigenvalue weighted by Crippen LogP contribution is -1.93. The monoisotopic (exact) mass is 283 g/mol. The van der Waals surface area contributed by atoms with Gasteiger partial charge in [0.05, 0.1) is 0 Å². The summed E-state index contributed by atoms with van der Waals surface area (Å²) in [4.78, 5) is 0. The smallest absolute Gasteiger partial charge is 0.153 e. The highest BCUT2D eigenvalue weighted by Crippen LogP contribution is 2.32. The Labute approximate surface area is 101 Å². The summed E-state index contributed by atoms with van der Waals surface area (Å²) in [5, 5.41) is 4.07. The van der Waals surface area contributed by atoms with Crippen LogP contribution in [-0.4, -0.2) is 9.78 Å². The van der Waals surface area contributed by atoms with Crippen LogP contribution in [0.5, 0.6) is 0 Å². The third-order valence-corrected chi connectivity index (χ3v) is 3.05. The quantitative estimate of drug-likeness (QED) is 0.875. The number of nitrogens with zero attached hydrogens (tertiary/aromatic N) is 2. The van der Waals surface area contributed by atoms with Gasteiger partial charge in [0.2, 0.25) is 0 Å². The van der Waals surface area contributed by atoms with Crippen molar-refractivity contribution in [1.29, 1.82) is 0 Å². The summed E-state index contributed by atoms with van der Waals surface area (Å²) in [7, 11) is 1.78. The number of nitrogens with two attached hydrogens (primary N) is 1. The van der Waals surface area contributed by atoms with Crippen molar-refractivity contribution >= 4 is 21.7 Å². The molecule has 1 aromatic heterocycles. The number of anilines is 1. The molecule has 84 valence electrons. The summed E-state index contributed by atoms with van der Waals surface area (Å²) in [6.45, 7) is 1.86. The van der Waals surface area contributed by atoms with E-state index in [0.717, 1.165) is 10.2 Å². The molecule has 0 fully saturated rings. The molecule has 0 atom stereocenters. The Morgan fingerprint density at radius 2 is 2.12 bits per heavy atom. The third-order valence-electron chi connectivity index (χ3n) is 2.56. The number of aromatic nitrogens is 2. The summed E-state index contributed by atoms with van der Waals surface area (Å²) in [6, 6.07) is 4.77. The van der Waals surface area contributed by atoms with E-state index in [1.54, 1.807) is 23.9 Å². The molecule has 0 aliphatic carbocycles. The van der Waals surface area contributed by atoms with Crippen LogP contribution in [-0.2, 0) is 7.05 Å². The van der Waals surface area contributed by atoms with E-state index in [1.165, 1.54) is 6.07 Å². The molecular formula is C11H11BrFN3. The second-order valence-corrected chi connectivity index (χ2v) is 4.51. The van der Waals surface area contributed by atoms with Gasteiger partial charge in [0.25, 0.3) is 0 Å². The van der Waals surface area contributed by atoms with Gasteiger partial charge in [-0.1, -0.05) is 15.9 Å². The van der Waals surface area contributed by atoms with E-state index in [9.17, 15) is 4.39 Å². The molecule has 2 rings (SSSR count). The van der Waals surface area contributed by atoms with Crippen LogP contribution < -0.4 is 5.73 Å². The Kier molecular flexibility index (Phi) is 2.71. The molecular weight excluding hydrogens is 273 g/mol. The number of rotatable bonds is 1. The van der Waals surface area contributed by atoms with Gasteiger partial charge in [0.1, 0.15) is 5.82 Å². The van der Waals surface area contributed by atoms with Crippen LogP contribution in [0.4, 0.5) is 10.2 Å². The van der Waals surface area contributed by atoms with Crippen LogP contribution in [0.1, 0.15) is 5.69 Å². The lowest BCUT2D eigenvalue weighted by Gasteiger charge is -2.04. The van der Waals surface area contributed by atoms with Gasteiger partial charge in [-0.25, -0.2) is 4.39 Å². The summed E-state index contributed by atoms with van der Waals surface area (Å²) >= 11 is 3.31. The lowest BCUT2D eigenvalue weighted by atomic mass is 10.1. The summed E-state index contributed by atoms with van der Waals surface area (Å²) < 4.78 is 16.2. The number of aryl methyl sites for hydroxylation is 1. The molecule has 1 aromatic carbocycles. The van der Waals surface area contributed by atoms with Gasteiger partial charge >= 0.3 is 0 Å².